The Balaban J connectivity index is 1.39. The number of benzene rings is 2. The fourth-order valence-electron chi connectivity index (χ4n) is 6.40. The van der Waals surface area contributed by atoms with Crippen molar-refractivity contribution in [3.63, 3.8) is 0 Å². The van der Waals surface area contributed by atoms with Gasteiger partial charge in [-0.1, -0.05) is 24.3 Å². The van der Waals surface area contributed by atoms with Crippen molar-refractivity contribution in [2.45, 2.75) is 55.6 Å². The number of piperidine rings is 1. The maximum Gasteiger partial charge on any atom is 0.246 e. The largest absolute Gasteiger partial charge is 0.508 e. The van der Waals surface area contributed by atoms with E-state index < -0.39 is 11.0 Å². The first-order chi connectivity index (χ1) is 17.3. The summed E-state index contributed by atoms with van der Waals surface area (Å²) in [5, 5.41) is 22.0. The van der Waals surface area contributed by atoms with Gasteiger partial charge in [0.15, 0.2) is 0 Å². The number of likely N-dealkylation sites (tertiary alicyclic amines) is 1. The van der Waals surface area contributed by atoms with E-state index in [1.165, 1.54) is 12.8 Å². The molecule has 5 rings (SSSR count). The van der Waals surface area contributed by atoms with Crippen molar-refractivity contribution in [2.75, 3.05) is 33.8 Å². The molecule has 6 nitrogen and oxygen atoms in total. The number of amides is 1. The van der Waals surface area contributed by atoms with Gasteiger partial charge in [-0.05, 0) is 92.5 Å². The van der Waals surface area contributed by atoms with Gasteiger partial charge in [-0.25, -0.2) is 0 Å². The number of aliphatic hydroxyl groups is 1. The first-order valence-corrected chi connectivity index (χ1v) is 13.2. The number of phenols is 1. The molecule has 0 bridgehead atoms. The quantitative estimate of drug-likeness (QED) is 0.569. The summed E-state index contributed by atoms with van der Waals surface area (Å²) in [6.07, 6.45) is 8.93. The molecule has 0 spiro atoms. The third-order valence-electron chi connectivity index (χ3n) is 8.73. The zero-order valence-corrected chi connectivity index (χ0v) is 21.4. The second-order valence-corrected chi connectivity index (χ2v) is 11.0. The molecule has 0 aromatic heterocycles. The molecular formula is C30H38N2O4. The number of rotatable bonds is 7. The first-order valence-electron chi connectivity index (χ1n) is 13.2. The van der Waals surface area contributed by atoms with Crippen LogP contribution in [0.25, 0.3) is 6.08 Å². The highest BCUT2D eigenvalue weighted by molar-refractivity contribution is 5.91. The number of hydrogen-bond acceptors (Lipinski definition) is 5. The lowest BCUT2D eigenvalue weighted by molar-refractivity contribution is -0.144. The second-order valence-electron chi connectivity index (χ2n) is 11.0. The Hall–Kier alpha value is -2.83. The van der Waals surface area contributed by atoms with Gasteiger partial charge < -0.3 is 24.7 Å². The van der Waals surface area contributed by atoms with E-state index in [9.17, 15) is 15.0 Å². The summed E-state index contributed by atoms with van der Waals surface area (Å²) in [6, 6.07) is 15.0. The minimum atomic E-state index is -0.843. The predicted octanol–water partition coefficient (Wildman–Crippen LogP) is 4.21. The number of methoxy groups -OCH3 is 1. The molecule has 6 heteroatoms. The number of carbonyl (C=O) groups is 1. The van der Waals surface area contributed by atoms with Gasteiger partial charge in [0.2, 0.25) is 5.91 Å². The first kappa shape index (κ1) is 24.8. The summed E-state index contributed by atoms with van der Waals surface area (Å²) < 4.78 is 5.55. The number of carbonyl (C=O) groups excluding carboxylic acids is 1. The summed E-state index contributed by atoms with van der Waals surface area (Å²) in [5.74, 6) is 1.69. The number of likely N-dealkylation sites (N-methyl/N-ethyl adjacent to an activating group) is 1. The minimum absolute atomic E-state index is 0.0211. The van der Waals surface area contributed by atoms with E-state index in [2.05, 4.69) is 17.0 Å². The number of phenolic OH excluding ortho intramolecular Hbond substituents is 1. The van der Waals surface area contributed by atoms with Crippen molar-refractivity contribution in [2.24, 2.45) is 5.92 Å². The SMILES string of the molecule is COc1cccc(C23CCN(CC4CC4)CC2(O)CCC(N(C)C(=O)/C=C/c2cccc(O)c2)C3)c1. The maximum atomic E-state index is 13.1. The molecule has 3 fully saturated rings. The number of hydrogen-bond donors (Lipinski definition) is 2. The summed E-state index contributed by atoms with van der Waals surface area (Å²) in [4.78, 5) is 17.4. The number of fused-ring (bicyclic) bond motifs is 1. The Morgan fingerprint density at radius 2 is 1.97 bits per heavy atom. The number of ether oxygens (including phenoxy) is 1. The lowest BCUT2D eigenvalue weighted by Gasteiger charge is -2.59. The molecule has 0 radical (unpaired) electrons. The molecule has 1 heterocycles. The molecule has 3 atom stereocenters. The maximum absolute atomic E-state index is 13.1. The number of aromatic hydroxyl groups is 1. The third-order valence-corrected chi connectivity index (χ3v) is 8.73. The lowest BCUT2D eigenvalue weighted by atomic mass is 9.55. The molecule has 2 saturated carbocycles. The van der Waals surface area contributed by atoms with Crippen molar-refractivity contribution in [1.29, 1.82) is 0 Å². The van der Waals surface area contributed by atoms with Crippen LogP contribution < -0.4 is 4.74 Å². The van der Waals surface area contributed by atoms with Crippen LogP contribution in [0.5, 0.6) is 11.5 Å². The van der Waals surface area contributed by atoms with Crippen LogP contribution in [0.1, 0.15) is 49.7 Å². The van der Waals surface area contributed by atoms with Crippen LogP contribution in [0.4, 0.5) is 0 Å². The zero-order chi connectivity index (χ0) is 25.3. The van der Waals surface area contributed by atoms with E-state index in [-0.39, 0.29) is 17.7 Å². The van der Waals surface area contributed by atoms with E-state index in [1.807, 2.05) is 30.1 Å². The summed E-state index contributed by atoms with van der Waals surface area (Å²) in [6.45, 7) is 2.72. The van der Waals surface area contributed by atoms with Crippen LogP contribution in [0.15, 0.2) is 54.6 Å². The Kier molecular flexibility index (Phi) is 6.84. The standard InChI is InChI=1S/C30H38N2O4/c1-31(28(34)12-11-22-5-3-7-26(33)17-22)25-13-14-30(35)21-32(20-23-9-10-23)16-15-29(30,19-25)24-6-4-8-27(18-24)36-2/h3-8,11-12,17-18,23,25,33,35H,9-10,13-16,19-21H2,1-2H3/b12-11+. The molecule has 2 aliphatic carbocycles. The fraction of sp³-hybridized carbons (Fsp3) is 0.500. The van der Waals surface area contributed by atoms with E-state index in [0.29, 0.717) is 13.0 Å². The van der Waals surface area contributed by atoms with Gasteiger partial charge in [0, 0.05) is 37.7 Å². The molecule has 2 N–H and O–H groups in total. The molecule has 2 aromatic carbocycles. The molecule has 3 unspecified atom stereocenters. The van der Waals surface area contributed by atoms with Crippen molar-refractivity contribution in [3.8, 4) is 11.5 Å². The Labute approximate surface area is 214 Å². The smallest absolute Gasteiger partial charge is 0.246 e. The van der Waals surface area contributed by atoms with E-state index in [4.69, 9.17) is 4.74 Å². The molecular weight excluding hydrogens is 452 g/mol. The van der Waals surface area contributed by atoms with Crippen molar-refractivity contribution in [3.05, 3.63) is 65.7 Å². The molecule has 1 amide bonds. The van der Waals surface area contributed by atoms with Gasteiger partial charge in [-0.15, -0.1) is 0 Å². The zero-order valence-electron chi connectivity index (χ0n) is 21.4. The van der Waals surface area contributed by atoms with E-state index in [1.54, 1.807) is 37.5 Å². The average molecular weight is 491 g/mol. The number of nitrogens with zero attached hydrogens (tertiary/aromatic N) is 2. The van der Waals surface area contributed by atoms with Gasteiger partial charge in [-0.2, -0.15) is 0 Å². The normalized spacial score (nSPS) is 28.6. The van der Waals surface area contributed by atoms with Gasteiger partial charge in [0.1, 0.15) is 11.5 Å². The predicted molar refractivity (Wildman–Crippen MR) is 141 cm³/mol. The Morgan fingerprint density at radius 1 is 1.17 bits per heavy atom. The van der Waals surface area contributed by atoms with Crippen LogP contribution in [-0.2, 0) is 10.2 Å². The van der Waals surface area contributed by atoms with Gasteiger partial charge in [-0.3, -0.25) is 4.79 Å². The molecule has 1 saturated heterocycles. The second kappa shape index (κ2) is 9.91. The van der Waals surface area contributed by atoms with E-state index >= 15 is 0 Å². The van der Waals surface area contributed by atoms with Crippen molar-refractivity contribution in [1.82, 2.24) is 9.80 Å². The lowest BCUT2D eigenvalue weighted by Crippen LogP contribution is -2.67. The highest BCUT2D eigenvalue weighted by Crippen LogP contribution is 2.53. The van der Waals surface area contributed by atoms with E-state index in [0.717, 1.165) is 55.1 Å². The van der Waals surface area contributed by atoms with Crippen LogP contribution in [-0.4, -0.2) is 71.4 Å². The number of β-amino-alcohol motifs (C(OH)–C–C–N with tert-alkyl or cyclic N) is 1. The van der Waals surface area contributed by atoms with Crippen LogP contribution in [0.3, 0.4) is 0 Å². The fourth-order valence-corrected chi connectivity index (χ4v) is 6.40. The van der Waals surface area contributed by atoms with Gasteiger partial charge in [0.05, 0.1) is 12.7 Å². The van der Waals surface area contributed by atoms with Crippen LogP contribution in [0.2, 0.25) is 0 Å². The summed E-state index contributed by atoms with van der Waals surface area (Å²) in [5.41, 5.74) is 0.611. The molecule has 3 aliphatic rings. The Bertz CT molecular complexity index is 1130. The van der Waals surface area contributed by atoms with Crippen molar-refractivity contribution < 1.29 is 19.7 Å². The van der Waals surface area contributed by atoms with Gasteiger partial charge in [0.25, 0.3) is 0 Å². The highest BCUT2D eigenvalue weighted by atomic mass is 16.5. The van der Waals surface area contributed by atoms with Crippen LogP contribution >= 0.6 is 0 Å². The molecule has 192 valence electrons. The average Bonchev–Trinajstić information content (AvgIpc) is 3.70. The monoisotopic (exact) mass is 490 g/mol. The molecule has 36 heavy (non-hydrogen) atoms. The summed E-state index contributed by atoms with van der Waals surface area (Å²) in [7, 11) is 3.54. The molecule has 1 aliphatic heterocycles. The molecule has 2 aromatic rings. The van der Waals surface area contributed by atoms with Crippen molar-refractivity contribution >= 4 is 12.0 Å². The van der Waals surface area contributed by atoms with Gasteiger partial charge >= 0.3 is 0 Å². The Morgan fingerprint density at radius 3 is 2.72 bits per heavy atom. The summed E-state index contributed by atoms with van der Waals surface area (Å²) >= 11 is 0. The topological polar surface area (TPSA) is 73.2 Å². The highest BCUT2D eigenvalue weighted by Gasteiger charge is 2.58. The van der Waals surface area contributed by atoms with Crippen LogP contribution in [0, 0.1) is 5.92 Å². The minimum Gasteiger partial charge on any atom is -0.508 e. The third kappa shape index (κ3) is 4.89.